The summed E-state index contributed by atoms with van der Waals surface area (Å²) in [5.41, 5.74) is 1.27. The fraction of sp³-hybridized carbons (Fsp3) is 0.462. The van der Waals surface area contributed by atoms with Gasteiger partial charge in [0.15, 0.2) is 0 Å². The Labute approximate surface area is 109 Å². The molecule has 0 radical (unpaired) electrons. The molecule has 0 aromatic heterocycles. The summed E-state index contributed by atoms with van der Waals surface area (Å²) in [5, 5.41) is 3.50. The van der Waals surface area contributed by atoms with Gasteiger partial charge in [-0.25, -0.2) is 0 Å². The van der Waals surface area contributed by atoms with Crippen molar-refractivity contribution in [3.05, 3.63) is 35.9 Å². The highest BCUT2D eigenvalue weighted by Crippen LogP contribution is 2.20. The summed E-state index contributed by atoms with van der Waals surface area (Å²) in [6.45, 7) is 3.20. The molecule has 0 saturated heterocycles. The first-order valence-corrected chi connectivity index (χ1v) is 7.63. The molecule has 0 fully saturated rings. The Morgan fingerprint density at radius 1 is 1.29 bits per heavy atom. The van der Waals surface area contributed by atoms with Gasteiger partial charge in [0.2, 0.25) is 0 Å². The maximum absolute atomic E-state index is 4.65. The van der Waals surface area contributed by atoms with E-state index in [0.717, 1.165) is 18.9 Å². The fourth-order valence-electron chi connectivity index (χ4n) is 1.75. The number of nitrogens with zero attached hydrogens (tertiary/aromatic N) is 1. The van der Waals surface area contributed by atoms with Gasteiger partial charge >= 0.3 is 0 Å². The van der Waals surface area contributed by atoms with Crippen LogP contribution in [0.15, 0.2) is 35.3 Å². The summed E-state index contributed by atoms with van der Waals surface area (Å²) in [7, 11) is 5.42. The number of nitrogens with one attached hydrogen (secondary N) is 1. The van der Waals surface area contributed by atoms with Crippen LogP contribution in [-0.2, 0) is 0 Å². The van der Waals surface area contributed by atoms with Gasteiger partial charge in [0.1, 0.15) is 0 Å². The normalized spacial score (nSPS) is 15.0. The molecule has 2 unspecified atom stereocenters. The van der Waals surface area contributed by atoms with Gasteiger partial charge in [-0.1, -0.05) is 30.3 Å². The number of hydrogen-bond donors (Lipinski definition) is 1. The molecule has 0 aliphatic carbocycles. The molecular weight excluding hydrogens is 246 g/mol. The lowest BCUT2D eigenvalue weighted by atomic mass is 10.0. The van der Waals surface area contributed by atoms with Crippen molar-refractivity contribution in [3.8, 4) is 0 Å². The predicted molar refractivity (Wildman–Crippen MR) is 84.3 cm³/mol. The minimum Gasteiger partial charge on any atom is -0.311 e. The van der Waals surface area contributed by atoms with Gasteiger partial charge in [-0.2, -0.15) is 0 Å². The van der Waals surface area contributed by atoms with Crippen molar-refractivity contribution in [1.29, 1.82) is 0 Å². The standard InChI is InChI=1S/C13H22N2P2/c1-11(14-7-9-16)13(15-8-10-17)12-5-3-2-4-6-12/h2-6,8,11,13-14H,7,9-10,16-17H2,1H3/t11-,13+/m0/s1. The minimum atomic E-state index is 0.202. The molecule has 1 N–H and O–H groups in total. The van der Waals surface area contributed by atoms with E-state index in [2.05, 4.69) is 60.0 Å². The molecule has 4 atom stereocenters. The van der Waals surface area contributed by atoms with Crippen LogP contribution in [-0.4, -0.2) is 31.1 Å². The SMILES string of the molecule is C[C@H](NCCP)[C@@H](N=CCP)c1ccccc1. The molecular formula is C13H22N2P2. The molecule has 0 bridgehead atoms. The molecule has 2 nitrogen and oxygen atoms in total. The van der Waals surface area contributed by atoms with Crippen LogP contribution in [0.3, 0.4) is 0 Å². The molecule has 0 heterocycles. The molecule has 17 heavy (non-hydrogen) atoms. The van der Waals surface area contributed by atoms with Crippen molar-refractivity contribution in [1.82, 2.24) is 5.32 Å². The van der Waals surface area contributed by atoms with Crippen molar-refractivity contribution >= 4 is 24.7 Å². The first kappa shape index (κ1) is 14.8. The molecule has 0 saturated carbocycles. The Morgan fingerprint density at radius 3 is 2.59 bits per heavy atom. The molecule has 1 aromatic carbocycles. The van der Waals surface area contributed by atoms with Crippen LogP contribution < -0.4 is 5.32 Å². The lowest BCUT2D eigenvalue weighted by Gasteiger charge is -2.22. The Bertz CT molecular complexity index is 327. The van der Waals surface area contributed by atoms with E-state index in [1.807, 2.05) is 12.3 Å². The molecule has 4 heteroatoms. The highest BCUT2D eigenvalue weighted by Gasteiger charge is 2.16. The quantitative estimate of drug-likeness (QED) is 0.596. The third-order valence-corrected chi connectivity index (χ3v) is 3.10. The van der Waals surface area contributed by atoms with Gasteiger partial charge in [-0.3, -0.25) is 4.99 Å². The maximum atomic E-state index is 4.65. The van der Waals surface area contributed by atoms with E-state index in [1.165, 1.54) is 5.56 Å². The van der Waals surface area contributed by atoms with Crippen LogP contribution in [0.1, 0.15) is 18.5 Å². The second-order valence-corrected chi connectivity index (χ2v) is 5.00. The molecule has 0 amide bonds. The van der Waals surface area contributed by atoms with E-state index in [-0.39, 0.29) is 6.04 Å². The van der Waals surface area contributed by atoms with Crippen molar-refractivity contribution in [2.45, 2.75) is 19.0 Å². The number of benzene rings is 1. The van der Waals surface area contributed by atoms with Crippen molar-refractivity contribution < 1.29 is 0 Å². The van der Waals surface area contributed by atoms with E-state index in [0.29, 0.717) is 6.04 Å². The van der Waals surface area contributed by atoms with Gasteiger partial charge < -0.3 is 5.32 Å². The van der Waals surface area contributed by atoms with Crippen molar-refractivity contribution in [2.75, 3.05) is 18.9 Å². The monoisotopic (exact) mass is 268 g/mol. The minimum absolute atomic E-state index is 0.202. The van der Waals surface area contributed by atoms with Gasteiger partial charge in [-0.05, 0) is 31.4 Å². The maximum Gasteiger partial charge on any atom is 0.0895 e. The summed E-state index contributed by atoms with van der Waals surface area (Å²) in [5.74, 6) is 0. The first-order valence-electron chi connectivity index (χ1n) is 5.99. The van der Waals surface area contributed by atoms with Gasteiger partial charge in [0.05, 0.1) is 6.04 Å². The number of aliphatic imine (C=N–C) groups is 1. The van der Waals surface area contributed by atoms with E-state index in [4.69, 9.17) is 0 Å². The Hall–Kier alpha value is -0.290. The Morgan fingerprint density at radius 2 is 2.00 bits per heavy atom. The molecule has 0 aliphatic rings. The molecule has 0 spiro atoms. The number of hydrogen-bond acceptors (Lipinski definition) is 2. The lowest BCUT2D eigenvalue weighted by molar-refractivity contribution is 0.485. The average Bonchev–Trinajstić information content (AvgIpc) is 2.38. The van der Waals surface area contributed by atoms with E-state index >= 15 is 0 Å². The van der Waals surface area contributed by atoms with Crippen LogP contribution in [0.5, 0.6) is 0 Å². The molecule has 1 rings (SSSR count). The molecule has 94 valence electrons. The smallest absolute Gasteiger partial charge is 0.0895 e. The average molecular weight is 268 g/mol. The van der Waals surface area contributed by atoms with E-state index in [9.17, 15) is 0 Å². The second kappa shape index (κ2) is 8.75. The van der Waals surface area contributed by atoms with Crippen LogP contribution in [0, 0.1) is 0 Å². The Balaban J connectivity index is 2.76. The van der Waals surface area contributed by atoms with Crippen LogP contribution >= 0.6 is 18.5 Å². The van der Waals surface area contributed by atoms with Crippen molar-refractivity contribution in [2.24, 2.45) is 4.99 Å². The summed E-state index contributed by atoms with van der Waals surface area (Å²) >= 11 is 0. The third-order valence-electron chi connectivity index (χ3n) is 2.60. The van der Waals surface area contributed by atoms with Crippen molar-refractivity contribution in [3.63, 3.8) is 0 Å². The largest absolute Gasteiger partial charge is 0.311 e. The highest BCUT2D eigenvalue weighted by atomic mass is 31.0. The van der Waals surface area contributed by atoms with Gasteiger partial charge in [0.25, 0.3) is 0 Å². The summed E-state index contributed by atoms with van der Waals surface area (Å²) in [4.78, 5) is 4.65. The summed E-state index contributed by atoms with van der Waals surface area (Å²) in [6.07, 6.45) is 3.94. The van der Waals surface area contributed by atoms with Crippen LogP contribution in [0.4, 0.5) is 0 Å². The summed E-state index contributed by atoms with van der Waals surface area (Å²) in [6, 6.07) is 11.0. The zero-order valence-corrected chi connectivity index (χ0v) is 12.7. The lowest BCUT2D eigenvalue weighted by Crippen LogP contribution is -2.32. The van der Waals surface area contributed by atoms with Gasteiger partial charge in [0, 0.05) is 12.3 Å². The second-order valence-electron chi connectivity index (χ2n) is 3.95. The fourth-order valence-corrected chi connectivity index (χ4v) is 2.04. The molecule has 0 aliphatic heterocycles. The van der Waals surface area contributed by atoms with E-state index in [1.54, 1.807) is 0 Å². The summed E-state index contributed by atoms with van der Waals surface area (Å²) < 4.78 is 0. The van der Waals surface area contributed by atoms with Gasteiger partial charge in [-0.15, -0.1) is 18.5 Å². The first-order chi connectivity index (χ1) is 8.29. The zero-order valence-electron chi connectivity index (χ0n) is 10.3. The topological polar surface area (TPSA) is 24.4 Å². The third kappa shape index (κ3) is 5.25. The Kier molecular flexibility index (Phi) is 7.60. The zero-order chi connectivity index (χ0) is 12.5. The van der Waals surface area contributed by atoms with Crippen LogP contribution in [0.25, 0.3) is 0 Å². The highest BCUT2D eigenvalue weighted by molar-refractivity contribution is 7.17. The van der Waals surface area contributed by atoms with Crippen LogP contribution in [0.2, 0.25) is 0 Å². The molecule has 1 aromatic rings. The number of rotatable bonds is 7. The van der Waals surface area contributed by atoms with E-state index < -0.39 is 0 Å². The predicted octanol–water partition coefficient (Wildman–Crippen LogP) is 2.53.